The van der Waals surface area contributed by atoms with Gasteiger partial charge in [0.1, 0.15) is 5.82 Å². The fourth-order valence-electron chi connectivity index (χ4n) is 3.90. The van der Waals surface area contributed by atoms with E-state index in [9.17, 15) is 4.79 Å². The second-order valence-corrected chi connectivity index (χ2v) is 7.71. The Morgan fingerprint density at radius 2 is 1.59 bits per heavy atom. The number of imidazole rings is 1. The van der Waals surface area contributed by atoms with Crippen LogP contribution in [0.2, 0.25) is 0 Å². The molecule has 1 amide bonds. The molecule has 1 aliphatic heterocycles. The first-order valence-electron chi connectivity index (χ1n) is 10.4. The molecule has 1 aromatic heterocycles. The number of carbonyl (C=O) groups is 1. The molecule has 0 radical (unpaired) electrons. The summed E-state index contributed by atoms with van der Waals surface area (Å²) in [6.07, 6.45) is 5.73. The van der Waals surface area contributed by atoms with Gasteiger partial charge in [-0.05, 0) is 37.1 Å². The van der Waals surface area contributed by atoms with Crippen LogP contribution >= 0.6 is 0 Å². The average Bonchev–Trinajstić information content (AvgIpc) is 3.20. The van der Waals surface area contributed by atoms with Crippen molar-refractivity contribution in [3.05, 3.63) is 90.0 Å². The standard InChI is InChI=1S/C24H28N4O/c29-24(26-17-20-7-3-1-4-8-20)22-11-14-27(15-12-22)19-23-25-13-16-28(23)18-21-9-5-2-6-10-21/h1-10,13,16,22H,11-12,14-15,17-19H2,(H,26,29). The highest BCUT2D eigenvalue weighted by Gasteiger charge is 2.25. The molecule has 29 heavy (non-hydrogen) atoms. The largest absolute Gasteiger partial charge is 0.352 e. The predicted octanol–water partition coefficient (Wildman–Crippen LogP) is 3.46. The highest BCUT2D eigenvalue weighted by Crippen LogP contribution is 2.19. The molecule has 3 aromatic rings. The third-order valence-corrected chi connectivity index (χ3v) is 5.63. The summed E-state index contributed by atoms with van der Waals surface area (Å²) < 4.78 is 2.22. The van der Waals surface area contributed by atoms with Crippen LogP contribution in [0.1, 0.15) is 29.8 Å². The Hall–Kier alpha value is -2.92. The van der Waals surface area contributed by atoms with Crippen molar-refractivity contribution in [3.8, 4) is 0 Å². The molecule has 2 heterocycles. The van der Waals surface area contributed by atoms with E-state index in [4.69, 9.17) is 0 Å². The Kier molecular flexibility index (Phi) is 6.37. The topological polar surface area (TPSA) is 50.2 Å². The van der Waals surface area contributed by atoms with Crippen LogP contribution in [0.5, 0.6) is 0 Å². The number of amides is 1. The first kappa shape index (κ1) is 19.4. The summed E-state index contributed by atoms with van der Waals surface area (Å²) in [6.45, 7) is 4.15. The molecule has 1 N–H and O–H groups in total. The van der Waals surface area contributed by atoms with Gasteiger partial charge in [-0.25, -0.2) is 4.98 Å². The van der Waals surface area contributed by atoms with Gasteiger partial charge in [0.25, 0.3) is 0 Å². The summed E-state index contributed by atoms with van der Waals surface area (Å²) in [7, 11) is 0. The second-order valence-electron chi connectivity index (χ2n) is 7.71. The van der Waals surface area contributed by atoms with Crippen LogP contribution in [0.15, 0.2) is 73.1 Å². The van der Waals surface area contributed by atoms with Crippen LogP contribution < -0.4 is 5.32 Å². The van der Waals surface area contributed by atoms with E-state index in [0.717, 1.165) is 50.4 Å². The summed E-state index contributed by atoms with van der Waals surface area (Å²) >= 11 is 0. The normalized spacial score (nSPS) is 15.3. The second kappa shape index (κ2) is 9.52. The minimum absolute atomic E-state index is 0.110. The lowest BCUT2D eigenvalue weighted by molar-refractivity contribution is -0.126. The quantitative estimate of drug-likeness (QED) is 0.674. The number of hydrogen-bond donors (Lipinski definition) is 1. The van der Waals surface area contributed by atoms with Gasteiger partial charge in [-0.2, -0.15) is 0 Å². The lowest BCUT2D eigenvalue weighted by Crippen LogP contribution is -2.40. The van der Waals surface area contributed by atoms with Gasteiger partial charge in [0.15, 0.2) is 0 Å². The first-order chi connectivity index (χ1) is 14.3. The summed E-state index contributed by atoms with van der Waals surface area (Å²) in [5, 5.41) is 3.09. The Morgan fingerprint density at radius 3 is 2.28 bits per heavy atom. The molecule has 5 heteroatoms. The van der Waals surface area contributed by atoms with E-state index in [-0.39, 0.29) is 11.8 Å². The van der Waals surface area contributed by atoms with Crippen LogP contribution in [0.3, 0.4) is 0 Å². The third-order valence-electron chi connectivity index (χ3n) is 5.63. The van der Waals surface area contributed by atoms with E-state index < -0.39 is 0 Å². The van der Waals surface area contributed by atoms with Crippen LogP contribution in [0, 0.1) is 5.92 Å². The van der Waals surface area contributed by atoms with Crippen molar-refractivity contribution < 1.29 is 4.79 Å². The molecule has 0 bridgehead atoms. The van der Waals surface area contributed by atoms with Crippen LogP contribution in [0.25, 0.3) is 0 Å². The molecular formula is C24H28N4O. The van der Waals surface area contributed by atoms with Crippen molar-refractivity contribution >= 4 is 5.91 Å². The molecule has 150 valence electrons. The summed E-state index contributed by atoms with van der Waals surface area (Å²) in [4.78, 5) is 19.5. The van der Waals surface area contributed by atoms with Crippen molar-refractivity contribution in [1.29, 1.82) is 0 Å². The van der Waals surface area contributed by atoms with Crippen molar-refractivity contribution in [1.82, 2.24) is 19.8 Å². The van der Waals surface area contributed by atoms with Gasteiger partial charge in [-0.3, -0.25) is 9.69 Å². The van der Waals surface area contributed by atoms with Crippen molar-refractivity contribution in [2.75, 3.05) is 13.1 Å². The van der Waals surface area contributed by atoms with Crippen LogP contribution in [0.4, 0.5) is 0 Å². The molecule has 0 spiro atoms. The Bertz CT molecular complexity index is 899. The lowest BCUT2D eigenvalue weighted by atomic mass is 9.96. The van der Waals surface area contributed by atoms with Gasteiger partial charge in [0.05, 0.1) is 6.54 Å². The van der Waals surface area contributed by atoms with Crippen molar-refractivity contribution in [2.45, 2.75) is 32.5 Å². The van der Waals surface area contributed by atoms with Gasteiger partial charge < -0.3 is 9.88 Å². The van der Waals surface area contributed by atoms with E-state index in [0.29, 0.717) is 6.54 Å². The van der Waals surface area contributed by atoms with Crippen LogP contribution in [-0.4, -0.2) is 33.4 Å². The van der Waals surface area contributed by atoms with Gasteiger partial charge in [-0.15, -0.1) is 0 Å². The molecule has 1 aliphatic rings. The fourth-order valence-corrected chi connectivity index (χ4v) is 3.90. The molecule has 0 saturated carbocycles. The molecule has 0 aliphatic carbocycles. The number of piperidine rings is 1. The molecule has 0 unspecified atom stereocenters. The molecule has 1 fully saturated rings. The van der Waals surface area contributed by atoms with E-state index in [2.05, 4.69) is 44.0 Å². The maximum absolute atomic E-state index is 12.5. The maximum atomic E-state index is 12.5. The Morgan fingerprint density at radius 1 is 0.931 bits per heavy atom. The highest BCUT2D eigenvalue weighted by molar-refractivity contribution is 5.78. The first-order valence-corrected chi connectivity index (χ1v) is 10.4. The number of nitrogens with one attached hydrogen (secondary N) is 1. The zero-order chi connectivity index (χ0) is 19.9. The van der Waals surface area contributed by atoms with Gasteiger partial charge >= 0.3 is 0 Å². The molecular weight excluding hydrogens is 360 g/mol. The zero-order valence-electron chi connectivity index (χ0n) is 16.7. The molecule has 0 atom stereocenters. The Balaban J connectivity index is 1.25. The minimum Gasteiger partial charge on any atom is -0.352 e. The smallest absolute Gasteiger partial charge is 0.223 e. The van der Waals surface area contributed by atoms with E-state index in [1.165, 1.54) is 5.56 Å². The third kappa shape index (κ3) is 5.33. The Labute approximate surface area is 172 Å². The number of benzene rings is 2. The average molecular weight is 389 g/mol. The van der Waals surface area contributed by atoms with Crippen molar-refractivity contribution in [3.63, 3.8) is 0 Å². The number of likely N-dealkylation sites (tertiary alicyclic amines) is 1. The van der Waals surface area contributed by atoms with Gasteiger partial charge in [-0.1, -0.05) is 60.7 Å². The van der Waals surface area contributed by atoms with Gasteiger partial charge in [0, 0.05) is 31.4 Å². The summed E-state index contributed by atoms with van der Waals surface area (Å²) in [6, 6.07) is 20.5. The van der Waals surface area contributed by atoms with E-state index in [1.54, 1.807) is 0 Å². The number of nitrogens with zero attached hydrogens (tertiary/aromatic N) is 3. The number of rotatable bonds is 7. The summed E-state index contributed by atoms with van der Waals surface area (Å²) in [5.41, 5.74) is 2.42. The molecule has 1 saturated heterocycles. The fraction of sp³-hybridized carbons (Fsp3) is 0.333. The monoisotopic (exact) mass is 388 g/mol. The number of aromatic nitrogens is 2. The number of carbonyl (C=O) groups excluding carboxylic acids is 1. The van der Waals surface area contributed by atoms with E-state index >= 15 is 0 Å². The minimum atomic E-state index is 0.110. The summed E-state index contributed by atoms with van der Waals surface area (Å²) in [5.74, 6) is 1.37. The molecule has 2 aromatic carbocycles. The zero-order valence-corrected chi connectivity index (χ0v) is 16.7. The molecule has 5 nitrogen and oxygen atoms in total. The van der Waals surface area contributed by atoms with Crippen molar-refractivity contribution in [2.24, 2.45) is 5.92 Å². The lowest BCUT2D eigenvalue weighted by Gasteiger charge is -2.31. The highest BCUT2D eigenvalue weighted by atomic mass is 16.1. The maximum Gasteiger partial charge on any atom is 0.223 e. The SMILES string of the molecule is O=C(NCc1ccccc1)C1CCN(Cc2nccn2Cc2ccccc2)CC1. The van der Waals surface area contributed by atoms with Crippen LogP contribution in [-0.2, 0) is 24.4 Å². The number of hydrogen-bond acceptors (Lipinski definition) is 3. The molecule has 4 rings (SSSR count). The van der Waals surface area contributed by atoms with Gasteiger partial charge in [0.2, 0.25) is 5.91 Å². The van der Waals surface area contributed by atoms with E-state index in [1.807, 2.05) is 48.8 Å². The predicted molar refractivity (Wildman–Crippen MR) is 114 cm³/mol.